The number of ether oxygens (including phenoxy) is 3. The molecule has 0 aromatic heterocycles. The quantitative estimate of drug-likeness (QED) is 0.783. The Labute approximate surface area is 150 Å². The summed E-state index contributed by atoms with van der Waals surface area (Å²) in [5.41, 5.74) is 1.75. The molecule has 2 aromatic carbocycles. The number of methoxy groups -OCH3 is 3. The lowest BCUT2D eigenvalue weighted by Gasteiger charge is -2.13. The van der Waals surface area contributed by atoms with Crippen molar-refractivity contribution >= 4 is 21.8 Å². The van der Waals surface area contributed by atoms with E-state index in [0.717, 1.165) is 21.3 Å². The maximum Gasteiger partial charge on any atom is 0.224 e. The van der Waals surface area contributed by atoms with Gasteiger partial charge < -0.3 is 19.5 Å². The molecule has 2 rings (SSSR count). The van der Waals surface area contributed by atoms with Gasteiger partial charge in [0.25, 0.3) is 0 Å². The van der Waals surface area contributed by atoms with E-state index in [1.807, 2.05) is 24.3 Å². The number of para-hydroxylation sites is 1. The van der Waals surface area contributed by atoms with Crippen LogP contribution < -0.4 is 19.5 Å². The summed E-state index contributed by atoms with van der Waals surface area (Å²) in [5, 5.41) is 2.90. The number of carbonyl (C=O) groups is 1. The number of hydrogen-bond donors (Lipinski definition) is 1. The summed E-state index contributed by atoms with van der Waals surface area (Å²) in [6.45, 7) is 0.410. The van der Waals surface area contributed by atoms with Crippen LogP contribution in [0.25, 0.3) is 0 Å². The van der Waals surface area contributed by atoms with E-state index in [4.69, 9.17) is 14.2 Å². The number of amides is 1. The van der Waals surface area contributed by atoms with E-state index < -0.39 is 0 Å². The van der Waals surface area contributed by atoms with Gasteiger partial charge in [0.15, 0.2) is 11.5 Å². The van der Waals surface area contributed by atoms with E-state index in [1.165, 1.54) is 0 Å². The van der Waals surface area contributed by atoms with Crippen molar-refractivity contribution in [1.29, 1.82) is 0 Å². The van der Waals surface area contributed by atoms with Crippen LogP contribution >= 0.6 is 15.9 Å². The zero-order valence-electron chi connectivity index (χ0n) is 13.9. The second-order valence-corrected chi connectivity index (χ2v) is 5.92. The molecule has 0 radical (unpaired) electrons. The fourth-order valence-corrected chi connectivity index (χ4v) is 2.77. The Kier molecular flexibility index (Phi) is 6.49. The van der Waals surface area contributed by atoms with Crippen molar-refractivity contribution in [2.24, 2.45) is 0 Å². The molecular formula is C18H20BrNO4. The van der Waals surface area contributed by atoms with Crippen LogP contribution in [-0.2, 0) is 17.8 Å². The highest BCUT2D eigenvalue weighted by atomic mass is 79.9. The second-order valence-electron chi connectivity index (χ2n) is 5.06. The Morgan fingerprint density at radius 1 is 0.958 bits per heavy atom. The molecule has 0 unspecified atom stereocenters. The molecule has 128 valence electrons. The summed E-state index contributed by atoms with van der Waals surface area (Å²) in [4.78, 5) is 12.2. The molecule has 0 aliphatic carbocycles. The minimum atomic E-state index is -0.0890. The lowest BCUT2D eigenvalue weighted by Crippen LogP contribution is -2.25. The molecule has 0 aliphatic heterocycles. The van der Waals surface area contributed by atoms with Crippen molar-refractivity contribution < 1.29 is 19.0 Å². The molecule has 5 nitrogen and oxygen atoms in total. The molecule has 24 heavy (non-hydrogen) atoms. The van der Waals surface area contributed by atoms with Gasteiger partial charge in [-0.05, 0) is 23.8 Å². The third kappa shape index (κ3) is 4.41. The summed E-state index contributed by atoms with van der Waals surface area (Å²) in [6, 6.07) is 11.2. The standard InChI is InChI=1S/C18H20BrNO4/c1-22-15-7-5-4-6-12(15)11-20-18(21)9-13-8-16(23-2)17(24-3)10-14(13)19/h4-8,10H,9,11H2,1-3H3,(H,20,21). The average molecular weight is 394 g/mol. The van der Waals surface area contributed by atoms with Crippen LogP contribution in [0.2, 0.25) is 0 Å². The second kappa shape index (κ2) is 8.59. The molecule has 0 spiro atoms. The van der Waals surface area contributed by atoms with Crippen molar-refractivity contribution in [3.8, 4) is 17.2 Å². The van der Waals surface area contributed by atoms with Crippen LogP contribution in [0.4, 0.5) is 0 Å². The van der Waals surface area contributed by atoms with Crippen molar-refractivity contribution in [3.05, 3.63) is 52.0 Å². The Hall–Kier alpha value is -2.21. The minimum Gasteiger partial charge on any atom is -0.496 e. The Bertz CT molecular complexity index is 718. The number of nitrogens with one attached hydrogen (secondary N) is 1. The van der Waals surface area contributed by atoms with E-state index >= 15 is 0 Å². The van der Waals surface area contributed by atoms with Gasteiger partial charge in [0.1, 0.15) is 5.75 Å². The van der Waals surface area contributed by atoms with Gasteiger partial charge >= 0.3 is 0 Å². The Morgan fingerprint density at radius 2 is 1.58 bits per heavy atom. The van der Waals surface area contributed by atoms with Gasteiger partial charge in [0.2, 0.25) is 5.91 Å². The van der Waals surface area contributed by atoms with Crippen LogP contribution in [-0.4, -0.2) is 27.2 Å². The minimum absolute atomic E-state index is 0.0890. The van der Waals surface area contributed by atoms with Gasteiger partial charge in [-0.15, -0.1) is 0 Å². The van der Waals surface area contributed by atoms with Gasteiger partial charge in [-0.25, -0.2) is 0 Å². The van der Waals surface area contributed by atoms with Gasteiger partial charge in [0.05, 0.1) is 27.8 Å². The van der Waals surface area contributed by atoms with Crippen LogP contribution in [0.3, 0.4) is 0 Å². The lowest BCUT2D eigenvalue weighted by molar-refractivity contribution is -0.120. The molecular weight excluding hydrogens is 374 g/mol. The van der Waals surface area contributed by atoms with Crippen LogP contribution in [0, 0.1) is 0 Å². The first-order chi connectivity index (χ1) is 11.6. The maximum absolute atomic E-state index is 12.2. The normalized spacial score (nSPS) is 10.2. The summed E-state index contributed by atoms with van der Waals surface area (Å²) in [7, 11) is 4.75. The summed E-state index contributed by atoms with van der Waals surface area (Å²) in [6.07, 6.45) is 0.232. The van der Waals surface area contributed by atoms with Crippen molar-refractivity contribution in [1.82, 2.24) is 5.32 Å². The van der Waals surface area contributed by atoms with Crippen LogP contribution in [0.5, 0.6) is 17.2 Å². The molecule has 2 aromatic rings. The highest BCUT2D eigenvalue weighted by molar-refractivity contribution is 9.10. The highest BCUT2D eigenvalue weighted by Gasteiger charge is 2.13. The Balaban J connectivity index is 2.04. The SMILES string of the molecule is COc1ccccc1CNC(=O)Cc1cc(OC)c(OC)cc1Br. The summed E-state index contributed by atoms with van der Waals surface area (Å²) in [5.74, 6) is 1.87. The predicted octanol–water partition coefficient (Wildman–Crippen LogP) is 3.33. The van der Waals surface area contributed by atoms with Crippen LogP contribution in [0.15, 0.2) is 40.9 Å². The number of rotatable bonds is 7. The highest BCUT2D eigenvalue weighted by Crippen LogP contribution is 2.33. The molecule has 0 saturated carbocycles. The first-order valence-corrected chi connectivity index (χ1v) is 8.17. The van der Waals surface area contributed by atoms with E-state index in [1.54, 1.807) is 33.5 Å². The van der Waals surface area contributed by atoms with Crippen molar-refractivity contribution in [2.45, 2.75) is 13.0 Å². The first-order valence-electron chi connectivity index (χ1n) is 7.38. The topological polar surface area (TPSA) is 56.8 Å². The molecule has 0 fully saturated rings. The van der Waals surface area contributed by atoms with Gasteiger partial charge in [-0.3, -0.25) is 4.79 Å². The smallest absolute Gasteiger partial charge is 0.224 e. The molecule has 0 aliphatic rings. The number of carbonyl (C=O) groups excluding carboxylic acids is 1. The molecule has 0 heterocycles. The third-order valence-corrected chi connectivity index (χ3v) is 4.31. The zero-order valence-corrected chi connectivity index (χ0v) is 15.5. The monoisotopic (exact) mass is 393 g/mol. The first kappa shape index (κ1) is 18.1. The van der Waals surface area contributed by atoms with Crippen molar-refractivity contribution in [3.63, 3.8) is 0 Å². The fourth-order valence-electron chi connectivity index (χ4n) is 2.31. The predicted molar refractivity (Wildman–Crippen MR) is 95.8 cm³/mol. The number of benzene rings is 2. The summed E-state index contributed by atoms with van der Waals surface area (Å²) >= 11 is 3.46. The molecule has 0 bridgehead atoms. The Morgan fingerprint density at radius 3 is 2.25 bits per heavy atom. The van der Waals surface area contributed by atoms with E-state index in [0.29, 0.717) is 18.0 Å². The molecule has 0 atom stereocenters. The van der Waals surface area contributed by atoms with E-state index in [-0.39, 0.29) is 12.3 Å². The molecule has 1 N–H and O–H groups in total. The molecule has 1 amide bonds. The van der Waals surface area contributed by atoms with Gasteiger partial charge in [-0.2, -0.15) is 0 Å². The summed E-state index contributed by atoms with van der Waals surface area (Å²) < 4.78 is 16.6. The zero-order chi connectivity index (χ0) is 17.5. The van der Waals surface area contributed by atoms with Crippen molar-refractivity contribution in [2.75, 3.05) is 21.3 Å². The molecule has 6 heteroatoms. The third-order valence-electron chi connectivity index (χ3n) is 3.57. The number of halogens is 1. The molecule has 0 saturated heterocycles. The van der Waals surface area contributed by atoms with E-state index in [9.17, 15) is 4.79 Å². The van der Waals surface area contributed by atoms with Gasteiger partial charge in [0, 0.05) is 16.6 Å². The largest absolute Gasteiger partial charge is 0.496 e. The van der Waals surface area contributed by atoms with E-state index in [2.05, 4.69) is 21.2 Å². The number of hydrogen-bond acceptors (Lipinski definition) is 4. The average Bonchev–Trinajstić information content (AvgIpc) is 2.61. The maximum atomic E-state index is 12.2. The van der Waals surface area contributed by atoms with Gasteiger partial charge in [-0.1, -0.05) is 34.1 Å². The van der Waals surface area contributed by atoms with Crippen LogP contribution in [0.1, 0.15) is 11.1 Å². The fraction of sp³-hybridized carbons (Fsp3) is 0.278. The lowest BCUT2D eigenvalue weighted by atomic mass is 10.1.